The van der Waals surface area contributed by atoms with Crippen LogP contribution in [0.3, 0.4) is 0 Å². The van der Waals surface area contributed by atoms with E-state index < -0.39 is 7.12 Å². The summed E-state index contributed by atoms with van der Waals surface area (Å²) in [6.45, 7) is 4.36. The van der Waals surface area contributed by atoms with E-state index in [0.29, 0.717) is 11.4 Å². The largest absolute Gasteiger partial charge is 0.490 e. The lowest BCUT2D eigenvalue weighted by Gasteiger charge is -1.98. The lowest BCUT2D eigenvalue weighted by atomic mass is 9.81. The minimum Gasteiger partial charge on any atom is -0.423 e. The summed E-state index contributed by atoms with van der Waals surface area (Å²) in [5.41, 5.74) is 0.446. The first kappa shape index (κ1) is 11.6. The Morgan fingerprint density at radius 2 is 2.12 bits per heavy atom. The van der Waals surface area contributed by atoms with Crippen LogP contribution in [0, 0.1) is 5.92 Å². The summed E-state index contributed by atoms with van der Waals surface area (Å²) >= 11 is 1.67. The zero-order chi connectivity index (χ0) is 11.7. The van der Waals surface area contributed by atoms with E-state index >= 15 is 0 Å². The SMILES string of the molecule is CC(C)Cc1cc2cc(B(O)O)cnc2s1. The Bertz CT molecular complexity index is 496. The van der Waals surface area contributed by atoms with Crippen LogP contribution in [-0.2, 0) is 6.42 Å². The van der Waals surface area contributed by atoms with Crippen molar-refractivity contribution in [2.24, 2.45) is 5.92 Å². The van der Waals surface area contributed by atoms with E-state index in [2.05, 4.69) is 24.9 Å². The van der Waals surface area contributed by atoms with Gasteiger partial charge >= 0.3 is 7.12 Å². The molecule has 0 saturated carbocycles. The first-order chi connectivity index (χ1) is 7.56. The summed E-state index contributed by atoms with van der Waals surface area (Å²) in [5, 5.41) is 19.1. The van der Waals surface area contributed by atoms with Gasteiger partial charge in [0.2, 0.25) is 0 Å². The molecule has 0 amide bonds. The summed E-state index contributed by atoms with van der Waals surface area (Å²) in [5.74, 6) is 0.621. The molecule has 84 valence electrons. The third kappa shape index (κ3) is 2.43. The molecule has 3 nitrogen and oxygen atoms in total. The fourth-order valence-electron chi connectivity index (χ4n) is 1.65. The fraction of sp³-hybridized carbons (Fsp3) is 0.364. The zero-order valence-electron chi connectivity index (χ0n) is 9.34. The van der Waals surface area contributed by atoms with Crippen molar-refractivity contribution in [2.75, 3.05) is 0 Å². The standard InChI is InChI=1S/C11H14BNO2S/c1-7(2)3-10-5-8-4-9(12(14)15)6-13-11(8)16-10/h4-7,14-15H,3H2,1-2H3. The van der Waals surface area contributed by atoms with Gasteiger partial charge in [0.1, 0.15) is 4.83 Å². The molecule has 2 aromatic heterocycles. The second kappa shape index (κ2) is 4.53. The van der Waals surface area contributed by atoms with E-state index in [0.717, 1.165) is 16.6 Å². The molecule has 0 saturated heterocycles. The first-order valence-electron chi connectivity index (χ1n) is 5.31. The molecule has 0 radical (unpaired) electrons. The molecule has 0 unspecified atom stereocenters. The maximum absolute atomic E-state index is 9.05. The molecule has 0 aliphatic heterocycles. The lowest BCUT2D eigenvalue weighted by Crippen LogP contribution is -2.29. The van der Waals surface area contributed by atoms with Crippen molar-refractivity contribution in [1.82, 2.24) is 4.98 Å². The number of aromatic nitrogens is 1. The van der Waals surface area contributed by atoms with Crippen molar-refractivity contribution in [1.29, 1.82) is 0 Å². The molecule has 2 aromatic rings. The van der Waals surface area contributed by atoms with Crippen LogP contribution in [0.15, 0.2) is 18.3 Å². The summed E-state index contributed by atoms with van der Waals surface area (Å²) in [7, 11) is -1.44. The van der Waals surface area contributed by atoms with Gasteiger partial charge in [0.25, 0.3) is 0 Å². The highest BCUT2D eigenvalue weighted by atomic mass is 32.1. The van der Waals surface area contributed by atoms with E-state index in [4.69, 9.17) is 10.0 Å². The molecule has 0 aliphatic carbocycles. The average molecular weight is 235 g/mol. The van der Waals surface area contributed by atoms with Crippen LogP contribution < -0.4 is 5.46 Å². The van der Waals surface area contributed by atoms with Crippen molar-refractivity contribution >= 4 is 34.1 Å². The van der Waals surface area contributed by atoms with Crippen LogP contribution in [0.4, 0.5) is 0 Å². The second-order valence-electron chi connectivity index (χ2n) is 4.35. The molecule has 2 heterocycles. The van der Waals surface area contributed by atoms with E-state index in [1.54, 1.807) is 17.4 Å². The van der Waals surface area contributed by atoms with Crippen LogP contribution in [0.25, 0.3) is 10.2 Å². The number of hydrogen-bond acceptors (Lipinski definition) is 4. The lowest BCUT2D eigenvalue weighted by molar-refractivity contribution is 0.425. The highest BCUT2D eigenvalue weighted by molar-refractivity contribution is 7.18. The average Bonchev–Trinajstić information content (AvgIpc) is 2.56. The van der Waals surface area contributed by atoms with Crippen molar-refractivity contribution in [2.45, 2.75) is 20.3 Å². The van der Waals surface area contributed by atoms with Crippen LogP contribution in [0.2, 0.25) is 0 Å². The summed E-state index contributed by atoms with van der Waals surface area (Å²) in [4.78, 5) is 6.48. The summed E-state index contributed by atoms with van der Waals surface area (Å²) in [6, 6.07) is 3.87. The number of fused-ring (bicyclic) bond motifs is 1. The molecule has 0 atom stereocenters. The van der Waals surface area contributed by atoms with E-state index in [1.165, 1.54) is 11.1 Å². The van der Waals surface area contributed by atoms with Crippen LogP contribution >= 0.6 is 11.3 Å². The quantitative estimate of drug-likeness (QED) is 0.785. The number of pyridine rings is 1. The summed E-state index contributed by atoms with van der Waals surface area (Å²) in [6.07, 6.45) is 2.56. The molecular weight excluding hydrogens is 221 g/mol. The number of rotatable bonds is 3. The van der Waals surface area contributed by atoms with Gasteiger partial charge in [0.05, 0.1) is 0 Å². The van der Waals surface area contributed by atoms with E-state index in [1.807, 2.05) is 0 Å². The Morgan fingerprint density at radius 1 is 1.38 bits per heavy atom. The van der Waals surface area contributed by atoms with Gasteiger partial charge in [-0.25, -0.2) is 4.98 Å². The third-order valence-electron chi connectivity index (χ3n) is 2.35. The number of thiophene rings is 1. The number of nitrogens with zero attached hydrogens (tertiary/aromatic N) is 1. The highest BCUT2D eigenvalue weighted by Gasteiger charge is 2.13. The van der Waals surface area contributed by atoms with Crippen molar-refractivity contribution in [3.63, 3.8) is 0 Å². The first-order valence-corrected chi connectivity index (χ1v) is 6.12. The summed E-state index contributed by atoms with van der Waals surface area (Å²) < 4.78 is 0. The van der Waals surface area contributed by atoms with Gasteiger partial charge in [-0.15, -0.1) is 11.3 Å². The molecule has 5 heteroatoms. The molecule has 2 N–H and O–H groups in total. The smallest absolute Gasteiger partial charge is 0.423 e. The van der Waals surface area contributed by atoms with Crippen molar-refractivity contribution < 1.29 is 10.0 Å². The van der Waals surface area contributed by atoms with Gasteiger partial charge in [-0.3, -0.25) is 0 Å². The molecule has 16 heavy (non-hydrogen) atoms. The van der Waals surface area contributed by atoms with Gasteiger partial charge in [-0.1, -0.05) is 19.9 Å². The minimum absolute atomic E-state index is 0.446. The van der Waals surface area contributed by atoms with Gasteiger partial charge in [0.15, 0.2) is 0 Å². The Balaban J connectivity index is 2.38. The minimum atomic E-state index is -1.44. The van der Waals surface area contributed by atoms with Crippen molar-refractivity contribution in [3.8, 4) is 0 Å². The molecule has 0 aromatic carbocycles. The van der Waals surface area contributed by atoms with Gasteiger partial charge < -0.3 is 10.0 Å². The van der Waals surface area contributed by atoms with Crippen LogP contribution in [-0.4, -0.2) is 22.2 Å². The second-order valence-corrected chi connectivity index (χ2v) is 5.46. The molecule has 0 bridgehead atoms. The van der Waals surface area contributed by atoms with Crippen LogP contribution in [0.5, 0.6) is 0 Å². The molecule has 0 spiro atoms. The topological polar surface area (TPSA) is 53.4 Å². The molecular formula is C11H14BNO2S. The maximum atomic E-state index is 9.05. The Morgan fingerprint density at radius 3 is 2.75 bits per heavy atom. The number of hydrogen-bond donors (Lipinski definition) is 2. The maximum Gasteiger partial charge on any atom is 0.490 e. The van der Waals surface area contributed by atoms with Gasteiger partial charge in [0, 0.05) is 21.9 Å². The highest BCUT2D eigenvalue weighted by Crippen LogP contribution is 2.24. The normalized spacial score (nSPS) is 11.3. The monoisotopic (exact) mass is 235 g/mol. The molecule has 2 rings (SSSR count). The predicted molar refractivity (Wildman–Crippen MR) is 68.0 cm³/mol. The third-order valence-corrected chi connectivity index (χ3v) is 3.43. The zero-order valence-corrected chi connectivity index (χ0v) is 10.2. The van der Waals surface area contributed by atoms with Gasteiger partial charge in [-0.2, -0.15) is 0 Å². The van der Waals surface area contributed by atoms with E-state index in [-0.39, 0.29) is 0 Å². The van der Waals surface area contributed by atoms with Crippen LogP contribution in [0.1, 0.15) is 18.7 Å². The Kier molecular flexibility index (Phi) is 3.28. The van der Waals surface area contributed by atoms with Gasteiger partial charge in [-0.05, 0) is 18.4 Å². The van der Waals surface area contributed by atoms with E-state index in [9.17, 15) is 0 Å². The Hall–Kier alpha value is -0.905. The molecule has 0 fully saturated rings. The Labute approximate surface area is 98.9 Å². The van der Waals surface area contributed by atoms with Crippen molar-refractivity contribution in [3.05, 3.63) is 23.2 Å². The fourth-order valence-corrected chi connectivity index (χ4v) is 2.84. The predicted octanol–water partition coefficient (Wildman–Crippen LogP) is 1.17. The molecule has 0 aliphatic rings.